The number of hydrogen-bond donors (Lipinski definition) is 1. The van der Waals surface area contributed by atoms with Crippen molar-refractivity contribution in [1.29, 1.82) is 0 Å². The lowest BCUT2D eigenvalue weighted by atomic mass is 9.78. The Hall–Kier alpha value is -2.31. The summed E-state index contributed by atoms with van der Waals surface area (Å²) >= 11 is 6.33. The minimum atomic E-state index is -0.158. The molecule has 2 aromatic carbocycles. The lowest BCUT2D eigenvalue weighted by Gasteiger charge is -2.30. The number of ether oxygens (including phenoxy) is 2. The molecule has 0 saturated carbocycles. The Morgan fingerprint density at radius 1 is 1.03 bits per heavy atom. The van der Waals surface area contributed by atoms with E-state index < -0.39 is 0 Å². The number of carbonyl (C=O) groups excluding carboxylic acids is 1. The lowest BCUT2D eigenvalue weighted by molar-refractivity contribution is -0.115. The summed E-state index contributed by atoms with van der Waals surface area (Å²) in [6.07, 6.45) is 1.83. The van der Waals surface area contributed by atoms with Gasteiger partial charge in [-0.05, 0) is 52.3 Å². The predicted molar refractivity (Wildman–Crippen MR) is 137 cm³/mol. The van der Waals surface area contributed by atoms with Crippen LogP contribution in [-0.4, -0.2) is 17.3 Å². The molecule has 170 valence electrons. The average molecular weight is 470 g/mol. The molecule has 1 fully saturated rings. The van der Waals surface area contributed by atoms with Gasteiger partial charge in [0.2, 0.25) is 0 Å². The highest BCUT2D eigenvalue weighted by Gasteiger charge is 2.27. The van der Waals surface area contributed by atoms with Crippen LogP contribution in [0.5, 0.6) is 11.5 Å². The zero-order valence-electron chi connectivity index (χ0n) is 19.8. The van der Waals surface area contributed by atoms with Crippen molar-refractivity contribution in [2.75, 3.05) is 7.11 Å². The topological polar surface area (TPSA) is 47.6 Å². The van der Waals surface area contributed by atoms with Crippen molar-refractivity contribution in [2.24, 2.45) is 0 Å². The number of nitrogens with one attached hydrogen (secondary N) is 1. The molecule has 1 aliphatic rings. The van der Waals surface area contributed by atoms with Crippen molar-refractivity contribution in [2.45, 2.75) is 59.0 Å². The van der Waals surface area contributed by atoms with Crippen LogP contribution >= 0.6 is 24.0 Å². The third-order valence-electron chi connectivity index (χ3n) is 5.17. The molecule has 0 aromatic heterocycles. The second-order valence-corrected chi connectivity index (χ2v) is 11.7. The number of hydrogen-bond acceptors (Lipinski definition) is 5. The molecule has 4 nitrogen and oxygen atoms in total. The van der Waals surface area contributed by atoms with Crippen molar-refractivity contribution in [3.63, 3.8) is 0 Å². The number of benzene rings is 2. The number of thioether (sulfide) groups is 1. The van der Waals surface area contributed by atoms with Gasteiger partial charge in [-0.15, -0.1) is 0 Å². The summed E-state index contributed by atoms with van der Waals surface area (Å²) in [6, 6.07) is 12.1. The molecule has 6 heteroatoms. The quantitative estimate of drug-likeness (QED) is 0.408. The molecule has 1 aliphatic heterocycles. The fourth-order valence-electron chi connectivity index (χ4n) is 3.54. The number of carbonyl (C=O) groups is 1. The summed E-state index contributed by atoms with van der Waals surface area (Å²) < 4.78 is 12.5. The van der Waals surface area contributed by atoms with Crippen LogP contribution in [0.3, 0.4) is 0 Å². The molecule has 1 heterocycles. The van der Waals surface area contributed by atoms with Crippen molar-refractivity contribution in [3.8, 4) is 11.5 Å². The number of rotatable bonds is 5. The van der Waals surface area contributed by atoms with Gasteiger partial charge in [0, 0.05) is 11.1 Å². The summed E-state index contributed by atoms with van der Waals surface area (Å²) in [5, 5.41) is 2.64. The van der Waals surface area contributed by atoms with Crippen LogP contribution in [0, 0.1) is 0 Å². The average Bonchev–Trinajstić information content (AvgIpc) is 3.01. The fraction of sp³-hybridized carbons (Fsp3) is 0.385. The van der Waals surface area contributed by atoms with Crippen molar-refractivity contribution >= 4 is 40.3 Å². The lowest BCUT2D eigenvalue weighted by Crippen LogP contribution is -2.20. The van der Waals surface area contributed by atoms with Gasteiger partial charge in [-0.3, -0.25) is 4.79 Å². The zero-order chi connectivity index (χ0) is 23.7. The van der Waals surface area contributed by atoms with E-state index in [9.17, 15) is 4.79 Å². The minimum Gasteiger partial charge on any atom is -0.496 e. The molecular weight excluding hydrogens is 438 g/mol. The molecule has 0 spiro atoms. The smallest absolute Gasteiger partial charge is 0.263 e. The van der Waals surface area contributed by atoms with Crippen LogP contribution in [0.2, 0.25) is 0 Å². The Labute approximate surface area is 200 Å². The summed E-state index contributed by atoms with van der Waals surface area (Å²) in [7, 11) is 1.74. The van der Waals surface area contributed by atoms with Crippen molar-refractivity contribution < 1.29 is 14.3 Å². The highest BCUT2D eigenvalue weighted by Crippen LogP contribution is 2.40. The Morgan fingerprint density at radius 3 is 2.16 bits per heavy atom. The third kappa shape index (κ3) is 5.73. The Morgan fingerprint density at radius 2 is 1.66 bits per heavy atom. The van der Waals surface area contributed by atoms with Gasteiger partial charge in [0.1, 0.15) is 22.4 Å². The van der Waals surface area contributed by atoms with E-state index in [0.717, 1.165) is 22.6 Å². The molecule has 3 rings (SSSR count). The van der Waals surface area contributed by atoms with Crippen LogP contribution in [0.4, 0.5) is 0 Å². The molecule has 0 aliphatic carbocycles. The van der Waals surface area contributed by atoms with E-state index in [-0.39, 0.29) is 16.7 Å². The number of thiocarbonyl (C=S) groups is 1. The van der Waals surface area contributed by atoms with Crippen LogP contribution < -0.4 is 14.8 Å². The molecule has 1 N–H and O–H groups in total. The Bertz CT molecular complexity index is 1040. The van der Waals surface area contributed by atoms with E-state index in [1.807, 2.05) is 30.3 Å². The van der Waals surface area contributed by atoms with Gasteiger partial charge in [0.25, 0.3) is 5.91 Å². The monoisotopic (exact) mass is 469 g/mol. The minimum absolute atomic E-state index is 0.0620. The van der Waals surface area contributed by atoms with Crippen LogP contribution in [0.1, 0.15) is 63.8 Å². The maximum absolute atomic E-state index is 11.9. The standard InChI is InChI=1S/C26H31NO3S2/c1-25(2,3)19-12-17(13-20(22(19)29-7)26(4,5)6)15-30-18-10-8-9-16(11-18)14-21-23(28)27-24(31)32-21/h8-14H,15H2,1-7H3,(H,27,28,31)/b21-14-. The van der Waals surface area contributed by atoms with Crippen LogP contribution in [0.15, 0.2) is 41.3 Å². The molecular formula is C26H31NO3S2. The maximum atomic E-state index is 11.9. The highest BCUT2D eigenvalue weighted by molar-refractivity contribution is 8.26. The second kappa shape index (κ2) is 9.28. The zero-order valence-corrected chi connectivity index (χ0v) is 21.4. The van der Waals surface area contributed by atoms with Gasteiger partial charge in [0.05, 0.1) is 12.0 Å². The Kier molecular flexibility index (Phi) is 7.06. The summed E-state index contributed by atoms with van der Waals surface area (Å²) in [5.41, 5.74) is 4.21. The van der Waals surface area contributed by atoms with E-state index in [0.29, 0.717) is 15.8 Å². The first-order chi connectivity index (χ1) is 14.9. The third-order valence-corrected chi connectivity index (χ3v) is 6.33. The Balaban J connectivity index is 1.88. The molecule has 0 bridgehead atoms. The van der Waals surface area contributed by atoms with Gasteiger partial charge in [-0.1, -0.05) is 77.7 Å². The van der Waals surface area contributed by atoms with E-state index in [1.54, 1.807) is 7.11 Å². The molecule has 0 atom stereocenters. The van der Waals surface area contributed by atoms with Gasteiger partial charge in [0.15, 0.2) is 0 Å². The normalized spacial score (nSPS) is 15.8. The maximum Gasteiger partial charge on any atom is 0.263 e. The van der Waals surface area contributed by atoms with Gasteiger partial charge < -0.3 is 14.8 Å². The summed E-state index contributed by atoms with van der Waals surface area (Å²) in [4.78, 5) is 12.5. The first-order valence-corrected chi connectivity index (χ1v) is 11.8. The molecule has 1 saturated heterocycles. The fourth-order valence-corrected chi connectivity index (χ4v) is 4.58. The van der Waals surface area contributed by atoms with Crippen LogP contribution in [0.25, 0.3) is 6.08 Å². The summed E-state index contributed by atoms with van der Waals surface area (Å²) in [6.45, 7) is 13.6. The predicted octanol–water partition coefficient (Wildman–Crippen LogP) is 6.36. The van der Waals surface area contributed by atoms with Crippen LogP contribution in [-0.2, 0) is 22.2 Å². The summed E-state index contributed by atoms with van der Waals surface area (Å²) in [5.74, 6) is 1.54. The van der Waals surface area contributed by atoms with Gasteiger partial charge in [-0.25, -0.2) is 0 Å². The first kappa shape index (κ1) is 24.3. The van der Waals surface area contributed by atoms with E-state index in [2.05, 4.69) is 59.0 Å². The van der Waals surface area contributed by atoms with E-state index >= 15 is 0 Å². The molecule has 0 unspecified atom stereocenters. The second-order valence-electron chi connectivity index (χ2n) is 9.94. The highest BCUT2D eigenvalue weighted by atomic mass is 32.2. The van der Waals surface area contributed by atoms with E-state index in [1.165, 1.54) is 22.9 Å². The molecule has 0 radical (unpaired) electrons. The number of amides is 1. The molecule has 1 amide bonds. The molecule has 2 aromatic rings. The number of methoxy groups -OCH3 is 1. The van der Waals surface area contributed by atoms with Crippen molar-refractivity contribution in [1.82, 2.24) is 5.32 Å². The molecule has 32 heavy (non-hydrogen) atoms. The van der Waals surface area contributed by atoms with Gasteiger partial charge >= 0.3 is 0 Å². The van der Waals surface area contributed by atoms with Gasteiger partial charge in [-0.2, -0.15) is 0 Å². The largest absolute Gasteiger partial charge is 0.496 e. The van der Waals surface area contributed by atoms with Crippen molar-refractivity contribution in [3.05, 3.63) is 63.6 Å². The van der Waals surface area contributed by atoms with E-state index in [4.69, 9.17) is 21.7 Å². The first-order valence-electron chi connectivity index (χ1n) is 10.6. The SMILES string of the molecule is COc1c(C(C)(C)C)cc(COc2cccc(/C=C3\SC(=S)NC3=O)c2)cc1C(C)(C)C.